The van der Waals surface area contributed by atoms with E-state index >= 15 is 0 Å². The molecule has 0 aliphatic heterocycles. The van der Waals surface area contributed by atoms with E-state index in [9.17, 15) is 4.39 Å². The number of halogens is 1. The van der Waals surface area contributed by atoms with Gasteiger partial charge in [0.2, 0.25) is 0 Å². The molecule has 0 saturated carbocycles. The highest BCUT2D eigenvalue weighted by molar-refractivity contribution is 5.94. The summed E-state index contributed by atoms with van der Waals surface area (Å²) in [5.74, 6) is -0.243. The Bertz CT molecular complexity index is 987. The molecule has 0 bridgehead atoms. The highest BCUT2D eigenvalue weighted by Gasteiger charge is 2.13. The van der Waals surface area contributed by atoms with Crippen LogP contribution in [0.15, 0.2) is 67.3 Å². The molecular formula is C19H14FN3. The summed E-state index contributed by atoms with van der Waals surface area (Å²) in [6.07, 6.45) is 5.37. The van der Waals surface area contributed by atoms with Crippen LogP contribution < -0.4 is 0 Å². The van der Waals surface area contributed by atoms with Crippen molar-refractivity contribution < 1.29 is 4.39 Å². The third kappa shape index (κ3) is 2.38. The molecule has 0 saturated heterocycles. The van der Waals surface area contributed by atoms with Crippen molar-refractivity contribution in [2.24, 2.45) is 0 Å². The Kier molecular flexibility index (Phi) is 3.15. The van der Waals surface area contributed by atoms with Crippen molar-refractivity contribution in [2.45, 2.75) is 6.92 Å². The van der Waals surface area contributed by atoms with Gasteiger partial charge < -0.3 is 4.57 Å². The van der Waals surface area contributed by atoms with E-state index in [1.807, 2.05) is 22.9 Å². The van der Waals surface area contributed by atoms with Gasteiger partial charge in [-0.15, -0.1) is 0 Å². The molecule has 0 radical (unpaired) electrons. The van der Waals surface area contributed by atoms with Crippen molar-refractivity contribution in [2.75, 3.05) is 0 Å². The summed E-state index contributed by atoms with van der Waals surface area (Å²) in [4.78, 5) is 8.57. The predicted molar refractivity (Wildman–Crippen MR) is 89.0 cm³/mol. The van der Waals surface area contributed by atoms with E-state index in [0.717, 1.165) is 27.8 Å². The molecule has 2 heterocycles. The molecule has 0 N–H and O–H groups in total. The zero-order valence-electron chi connectivity index (χ0n) is 12.6. The van der Waals surface area contributed by atoms with Gasteiger partial charge in [0.05, 0.1) is 0 Å². The summed E-state index contributed by atoms with van der Waals surface area (Å²) in [6.45, 7) is 2.06. The first-order valence-corrected chi connectivity index (χ1v) is 7.36. The standard InChI is InChI=1S/C19H14FN3/c1-13-3-2-4-16(9-13)23-11-18(14-5-7-15(20)8-6-14)17-10-21-12-22-19(17)23/h2-12H,1H3. The third-order valence-electron chi connectivity index (χ3n) is 3.90. The molecule has 4 heteroatoms. The zero-order chi connectivity index (χ0) is 15.8. The summed E-state index contributed by atoms with van der Waals surface area (Å²) in [5, 5.41) is 0.945. The zero-order valence-corrected chi connectivity index (χ0v) is 12.6. The van der Waals surface area contributed by atoms with Crippen molar-refractivity contribution >= 4 is 11.0 Å². The molecule has 0 spiro atoms. The molecule has 112 valence electrons. The molecule has 2 aromatic carbocycles. The highest BCUT2D eigenvalue weighted by atomic mass is 19.1. The number of hydrogen-bond donors (Lipinski definition) is 0. The minimum Gasteiger partial charge on any atom is -0.301 e. The van der Waals surface area contributed by atoms with Gasteiger partial charge in [-0.3, -0.25) is 0 Å². The largest absolute Gasteiger partial charge is 0.301 e. The fourth-order valence-electron chi connectivity index (χ4n) is 2.80. The van der Waals surface area contributed by atoms with Crippen molar-refractivity contribution in [3.05, 3.63) is 78.6 Å². The molecule has 3 nitrogen and oxygen atoms in total. The maximum absolute atomic E-state index is 13.2. The van der Waals surface area contributed by atoms with Gasteiger partial charge in [-0.1, -0.05) is 24.3 Å². The maximum Gasteiger partial charge on any atom is 0.148 e. The molecule has 2 aromatic heterocycles. The van der Waals surface area contributed by atoms with Gasteiger partial charge in [0.1, 0.15) is 17.8 Å². The second-order valence-corrected chi connectivity index (χ2v) is 5.52. The van der Waals surface area contributed by atoms with E-state index in [2.05, 4.69) is 29.0 Å². The first-order valence-electron chi connectivity index (χ1n) is 7.36. The van der Waals surface area contributed by atoms with Crippen LogP contribution in [0.1, 0.15) is 5.56 Å². The van der Waals surface area contributed by atoms with Crippen LogP contribution in [-0.4, -0.2) is 14.5 Å². The average Bonchev–Trinajstić information content (AvgIpc) is 2.95. The number of aryl methyl sites for hydroxylation is 1. The lowest BCUT2D eigenvalue weighted by Crippen LogP contribution is -1.94. The van der Waals surface area contributed by atoms with E-state index in [0.29, 0.717) is 0 Å². The Morgan fingerprint density at radius 1 is 1.04 bits per heavy atom. The minimum absolute atomic E-state index is 0.243. The van der Waals surface area contributed by atoms with Gasteiger partial charge in [-0.2, -0.15) is 0 Å². The fraction of sp³-hybridized carbons (Fsp3) is 0.0526. The van der Waals surface area contributed by atoms with Gasteiger partial charge in [0.25, 0.3) is 0 Å². The molecule has 0 aliphatic carbocycles. The number of aromatic nitrogens is 3. The molecule has 0 unspecified atom stereocenters. The highest BCUT2D eigenvalue weighted by Crippen LogP contribution is 2.31. The van der Waals surface area contributed by atoms with Crippen LogP contribution in [0.4, 0.5) is 4.39 Å². The topological polar surface area (TPSA) is 30.7 Å². The van der Waals surface area contributed by atoms with Crippen LogP contribution in [-0.2, 0) is 0 Å². The van der Waals surface area contributed by atoms with Crippen molar-refractivity contribution in [1.82, 2.24) is 14.5 Å². The van der Waals surface area contributed by atoms with E-state index in [-0.39, 0.29) is 5.82 Å². The normalized spacial score (nSPS) is 11.0. The summed E-state index contributed by atoms with van der Waals surface area (Å²) in [7, 11) is 0. The van der Waals surface area contributed by atoms with Crippen LogP contribution in [0.25, 0.3) is 27.8 Å². The Hall–Kier alpha value is -3.01. The maximum atomic E-state index is 13.2. The summed E-state index contributed by atoms with van der Waals surface area (Å²) < 4.78 is 15.2. The summed E-state index contributed by atoms with van der Waals surface area (Å²) in [5.41, 5.74) is 4.99. The summed E-state index contributed by atoms with van der Waals surface area (Å²) >= 11 is 0. The monoisotopic (exact) mass is 303 g/mol. The third-order valence-corrected chi connectivity index (χ3v) is 3.90. The number of benzene rings is 2. The Balaban J connectivity index is 1.98. The van der Waals surface area contributed by atoms with Crippen molar-refractivity contribution in [1.29, 1.82) is 0 Å². The van der Waals surface area contributed by atoms with Gasteiger partial charge in [0, 0.05) is 29.0 Å². The predicted octanol–water partition coefficient (Wildman–Crippen LogP) is 4.54. The molecule has 0 aliphatic rings. The van der Waals surface area contributed by atoms with Crippen molar-refractivity contribution in [3.63, 3.8) is 0 Å². The number of nitrogens with zero attached hydrogens (tertiary/aromatic N) is 3. The lowest BCUT2D eigenvalue weighted by atomic mass is 10.1. The molecular weight excluding hydrogens is 289 g/mol. The van der Waals surface area contributed by atoms with E-state index in [1.54, 1.807) is 24.7 Å². The van der Waals surface area contributed by atoms with Crippen LogP contribution in [0.5, 0.6) is 0 Å². The van der Waals surface area contributed by atoms with E-state index < -0.39 is 0 Å². The summed E-state index contributed by atoms with van der Waals surface area (Å²) in [6, 6.07) is 14.7. The smallest absolute Gasteiger partial charge is 0.148 e. The SMILES string of the molecule is Cc1cccc(-n2cc(-c3ccc(F)cc3)c3cncnc32)c1. The molecule has 0 fully saturated rings. The molecule has 4 rings (SSSR count). The van der Waals surface area contributed by atoms with E-state index in [1.165, 1.54) is 17.7 Å². The van der Waals surface area contributed by atoms with Crippen LogP contribution in [0, 0.1) is 12.7 Å². The fourth-order valence-corrected chi connectivity index (χ4v) is 2.80. The Morgan fingerprint density at radius 3 is 2.65 bits per heavy atom. The Labute approximate surface area is 133 Å². The number of hydrogen-bond acceptors (Lipinski definition) is 2. The quantitative estimate of drug-likeness (QED) is 0.544. The van der Waals surface area contributed by atoms with Crippen LogP contribution in [0.2, 0.25) is 0 Å². The first kappa shape index (κ1) is 13.6. The molecule has 23 heavy (non-hydrogen) atoms. The van der Waals surface area contributed by atoms with Crippen molar-refractivity contribution in [3.8, 4) is 16.8 Å². The Morgan fingerprint density at radius 2 is 1.87 bits per heavy atom. The minimum atomic E-state index is -0.243. The van der Waals surface area contributed by atoms with E-state index in [4.69, 9.17) is 0 Å². The second-order valence-electron chi connectivity index (χ2n) is 5.52. The molecule has 4 aromatic rings. The van der Waals surface area contributed by atoms with Gasteiger partial charge in [0.15, 0.2) is 0 Å². The average molecular weight is 303 g/mol. The van der Waals surface area contributed by atoms with Gasteiger partial charge in [-0.25, -0.2) is 14.4 Å². The number of rotatable bonds is 2. The van der Waals surface area contributed by atoms with Gasteiger partial charge >= 0.3 is 0 Å². The second kappa shape index (κ2) is 5.32. The first-order chi connectivity index (χ1) is 11.2. The van der Waals surface area contributed by atoms with Crippen LogP contribution >= 0.6 is 0 Å². The molecule has 0 amide bonds. The molecule has 0 atom stereocenters. The van der Waals surface area contributed by atoms with Crippen LogP contribution in [0.3, 0.4) is 0 Å². The lowest BCUT2D eigenvalue weighted by molar-refractivity contribution is 0.628. The lowest BCUT2D eigenvalue weighted by Gasteiger charge is -2.05. The number of fused-ring (bicyclic) bond motifs is 1. The van der Waals surface area contributed by atoms with Gasteiger partial charge in [-0.05, 0) is 42.3 Å².